The van der Waals surface area contributed by atoms with Crippen LogP contribution in [0.1, 0.15) is 26.3 Å². The van der Waals surface area contributed by atoms with Gasteiger partial charge < -0.3 is 4.74 Å². The van der Waals surface area contributed by atoms with Gasteiger partial charge in [-0.1, -0.05) is 60.7 Å². The molecule has 2 rings (SSSR count). The summed E-state index contributed by atoms with van der Waals surface area (Å²) in [6.07, 6.45) is 4.29. The molecule has 1 heteroatoms. The molecule has 98 valence electrons. The molecule has 19 heavy (non-hydrogen) atoms. The molecule has 0 aliphatic carbocycles. The van der Waals surface area contributed by atoms with E-state index in [1.165, 1.54) is 5.56 Å². The summed E-state index contributed by atoms with van der Waals surface area (Å²) in [4.78, 5) is 0. The highest BCUT2D eigenvalue weighted by molar-refractivity contribution is 5.76. The van der Waals surface area contributed by atoms with Gasteiger partial charge in [0.25, 0.3) is 0 Å². The van der Waals surface area contributed by atoms with Crippen LogP contribution in [0.4, 0.5) is 0 Å². The van der Waals surface area contributed by atoms with Gasteiger partial charge in [-0.05, 0) is 26.3 Å². The van der Waals surface area contributed by atoms with Crippen LogP contribution in [0.25, 0.3) is 17.2 Å². The van der Waals surface area contributed by atoms with Gasteiger partial charge in [-0.2, -0.15) is 0 Å². The summed E-state index contributed by atoms with van der Waals surface area (Å²) in [6, 6.07) is 16.6. The molecule has 2 aromatic rings. The van der Waals surface area contributed by atoms with Crippen LogP contribution in [0.2, 0.25) is 0 Å². The SMILES string of the molecule is CC=Cc1cccc(-c2ccccc2)c1OC(C)C. The predicted molar refractivity (Wildman–Crippen MR) is 82.4 cm³/mol. The molecule has 0 bridgehead atoms. The van der Waals surface area contributed by atoms with Crippen molar-refractivity contribution in [2.75, 3.05) is 0 Å². The monoisotopic (exact) mass is 252 g/mol. The molecule has 0 saturated heterocycles. The van der Waals surface area contributed by atoms with E-state index in [2.05, 4.69) is 62.4 Å². The third-order valence-electron chi connectivity index (χ3n) is 2.83. The maximum atomic E-state index is 6.03. The molecular weight excluding hydrogens is 232 g/mol. The normalized spacial score (nSPS) is 11.2. The van der Waals surface area contributed by atoms with Crippen LogP contribution in [0.15, 0.2) is 54.6 Å². The van der Waals surface area contributed by atoms with E-state index < -0.39 is 0 Å². The third kappa shape index (κ3) is 3.25. The van der Waals surface area contributed by atoms with Crippen LogP contribution >= 0.6 is 0 Å². The molecule has 1 nitrogen and oxygen atoms in total. The highest BCUT2D eigenvalue weighted by atomic mass is 16.5. The highest BCUT2D eigenvalue weighted by Gasteiger charge is 2.11. The van der Waals surface area contributed by atoms with Gasteiger partial charge in [-0.15, -0.1) is 0 Å². The molecule has 0 aliphatic rings. The summed E-state index contributed by atoms with van der Waals surface area (Å²) in [5, 5.41) is 0. The lowest BCUT2D eigenvalue weighted by molar-refractivity contribution is 0.243. The summed E-state index contributed by atoms with van der Waals surface area (Å²) < 4.78 is 6.03. The van der Waals surface area contributed by atoms with E-state index in [0.717, 1.165) is 16.9 Å². The molecule has 0 saturated carbocycles. The van der Waals surface area contributed by atoms with Gasteiger partial charge in [0.1, 0.15) is 5.75 Å². The fourth-order valence-corrected chi connectivity index (χ4v) is 2.08. The van der Waals surface area contributed by atoms with Crippen molar-refractivity contribution >= 4 is 6.08 Å². The van der Waals surface area contributed by atoms with E-state index in [4.69, 9.17) is 4.74 Å². The lowest BCUT2D eigenvalue weighted by Crippen LogP contribution is -2.07. The van der Waals surface area contributed by atoms with E-state index in [1.54, 1.807) is 0 Å². The topological polar surface area (TPSA) is 9.23 Å². The van der Waals surface area contributed by atoms with Gasteiger partial charge in [0, 0.05) is 11.1 Å². The Balaban J connectivity index is 2.56. The van der Waals surface area contributed by atoms with Crippen molar-refractivity contribution in [1.82, 2.24) is 0 Å². The summed E-state index contributed by atoms with van der Waals surface area (Å²) in [5.74, 6) is 0.960. The molecule has 0 fully saturated rings. The Morgan fingerprint density at radius 3 is 2.32 bits per heavy atom. The van der Waals surface area contributed by atoms with Gasteiger partial charge in [0.05, 0.1) is 6.10 Å². The minimum atomic E-state index is 0.161. The highest BCUT2D eigenvalue weighted by Crippen LogP contribution is 2.34. The van der Waals surface area contributed by atoms with Crippen molar-refractivity contribution in [3.8, 4) is 16.9 Å². The van der Waals surface area contributed by atoms with Crippen molar-refractivity contribution in [2.24, 2.45) is 0 Å². The minimum absolute atomic E-state index is 0.161. The molecule has 2 aromatic carbocycles. The van der Waals surface area contributed by atoms with Crippen LogP contribution < -0.4 is 4.74 Å². The first-order valence-electron chi connectivity index (χ1n) is 6.70. The maximum absolute atomic E-state index is 6.03. The molecule has 0 heterocycles. The van der Waals surface area contributed by atoms with Crippen molar-refractivity contribution in [1.29, 1.82) is 0 Å². The molecule has 0 amide bonds. The maximum Gasteiger partial charge on any atom is 0.134 e. The van der Waals surface area contributed by atoms with E-state index in [9.17, 15) is 0 Å². The number of para-hydroxylation sites is 1. The largest absolute Gasteiger partial charge is 0.490 e. The van der Waals surface area contributed by atoms with Gasteiger partial charge in [0.15, 0.2) is 0 Å². The predicted octanol–water partition coefficient (Wildman–Crippen LogP) is 5.17. The number of benzene rings is 2. The van der Waals surface area contributed by atoms with Crippen LogP contribution in [-0.4, -0.2) is 6.10 Å². The Morgan fingerprint density at radius 1 is 0.947 bits per heavy atom. The van der Waals surface area contributed by atoms with Crippen molar-refractivity contribution in [3.63, 3.8) is 0 Å². The Hall–Kier alpha value is -2.02. The second-order valence-electron chi connectivity index (χ2n) is 4.76. The fraction of sp³-hybridized carbons (Fsp3) is 0.222. The summed E-state index contributed by atoms with van der Waals surface area (Å²) in [5.41, 5.74) is 3.45. The number of ether oxygens (including phenoxy) is 1. The number of rotatable bonds is 4. The molecular formula is C18H20O. The zero-order valence-corrected chi connectivity index (χ0v) is 11.8. The quantitative estimate of drug-likeness (QED) is 0.729. The van der Waals surface area contributed by atoms with E-state index >= 15 is 0 Å². The van der Waals surface area contributed by atoms with E-state index in [-0.39, 0.29) is 6.10 Å². The molecule has 0 aromatic heterocycles. The van der Waals surface area contributed by atoms with Gasteiger partial charge in [0.2, 0.25) is 0 Å². The van der Waals surface area contributed by atoms with Gasteiger partial charge in [-0.3, -0.25) is 0 Å². The lowest BCUT2D eigenvalue weighted by Gasteiger charge is -2.17. The van der Waals surface area contributed by atoms with E-state index in [1.807, 2.05) is 19.1 Å². The average molecular weight is 252 g/mol. The Morgan fingerprint density at radius 2 is 1.68 bits per heavy atom. The van der Waals surface area contributed by atoms with Crippen LogP contribution in [0, 0.1) is 0 Å². The zero-order valence-electron chi connectivity index (χ0n) is 11.8. The first-order valence-corrected chi connectivity index (χ1v) is 6.70. The first-order chi connectivity index (χ1) is 9.22. The lowest BCUT2D eigenvalue weighted by atomic mass is 10.0. The van der Waals surface area contributed by atoms with Crippen LogP contribution in [0.3, 0.4) is 0 Å². The first kappa shape index (κ1) is 13.4. The second-order valence-corrected chi connectivity index (χ2v) is 4.76. The Kier molecular flexibility index (Phi) is 4.40. The summed E-state index contributed by atoms with van der Waals surface area (Å²) in [6.45, 7) is 6.14. The Bertz CT molecular complexity index is 553. The average Bonchev–Trinajstić information content (AvgIpc) is 2.41. The third-order valence-corrected chi connectivity index (χ3v) is 2.83. The number of allylic oxidation sites excluding steroid dienone is 1. The molecule has 0 radical (unpaired) electrons. The molecule has 0 aliphatic heterocycles. The van der Waals surface area contributed by atoms with Crippen molar-refractivity contribution < 1.29 is 4.74 Å². The number of hydrogen-bond donors (Lipinski definition) is 0. The van der Waals surface area contributed by atoms with Gasteiger partial charge >= 0.3 is 0 Å². The number of hydrogen-bond acceptors (Lipinski definition) is 1. The standard InChI is InChI=1S/C18H20O/c1-4-9-16-12-8-13-17(18(16)19-14(2)3)15-10-6-5-7-11-15/h4-14H,1-3H3. The smallest absolute Gasteiger partial charge is 0.134 e. The molecule has 0 N–H and O–H groups in total. The summed E-state index contributed by atoms with van der Waals surface area (Å²) >= 11 is 0. The summed E-state index contributed by atoms with van der Waals surface area (Å²) in [7, 11) is 0. The van der Waals surface area contributed by atoms with Crippen molar-refractivity contribution in [3.05, 3.63) is 60.2 Å². The molecule has 0 spiro atoms. The van der Waals surface area contributed by atoms with Gasteiger partial charge in [-0.25, -0.2) is 0 Å². The van der Waals surface area contributed by atoms with E-state index in [0.29, 0.717) is 0 Å². The molecule has 0 atom stereocenters. The zero-order chi connectivity index (χ0) is 13.7. The molecule has 0 unspecified atom stereocenters. The van der Waals surface area contributed by atoms with Crippen LogP contribution in [-0.2, 0) is 0 Å². The second kappa shape index (κ2) is 6.24. The van der Waals surface area contributed by atoms with Crippen LogP contribution in [0.5, 0.6) is 5.75 Å². The van der Waals surface area contributed by atoms with Crippen molar-refractivity contribution in [2.45, 2.75) is 26.9 Å². The minimum Gasteiger partial charge on any atom is -0.490 e. The Labute approximate surface area is 115 Å². The fourth-order valence-electron chi connectivity index (χ4n) is 2.08.